The molecule has 0 heterocycles. The zero-order chi connectivity index (χ0) is 27.5. The number of rotatable bonds is 6. The van der Waals surface area contributed by atoms with Crippen molar-refractivity contribution in [3.8, 4) is 0 Å². The number of allylic oxidation sites excluding steroid dienone is 1. The number of aliphatic hydroxyl groups is 3. The van der Waals surface area contributed by atoms with Crippen LogP contribution in [0.5, 0.6) is 0 Å². The summed E-state index contributed by atoms with van der Waals surface area (Å²) in [5.41, 5.74) is 3.41. The fourth-order valence-electron chi connectivity index (χ4n) is 8.29. The molecule has 5 rings (SSSR count). The van der Waals surface area contributed by atoms with E-state index in [1.54, 1.807) is 14.2 Å². The maximum atomic E-state index is 12.1. The van der Waals surface area contributed by atoms with Gasteiger partial charge in [-0.25, -0.2) is 0 Å². The lowest BCUT2D eigenvalue weighted by Gasteiger charge is -2.56. The van der Waals surface area contributed by atoms with Gasteiger partial charge in [-0.1, -0.05) is 57.5 Å². The maximum absolute atomic E-state index is 12.1. The first kappa shape index (κ1) is 28.3. The van der Waals surface area contributed by atoms with Gasteiger partial charge in [0.05, 0.1) is 18.3 Å². The molecule has 1 aromatic carbocycles. The van der Waals surface area contributed by atoms with Crippen LogP contribution in [0.4, 0.5) is 0 Å². The molecule has 0 spiro atoms. The Hall–Kier alpha value is -1.28. The van der Waals surface area contributed by atoms with Crippen molar-refractivity contribution >= 4 is 0 Å². The standard InChI is InChI=1S/C32H48O6/c1-29(2,3)19-38-28(34)21-9-7-20(8-10-21)23-17-30(4)24(11-12-26(30)33)22-13-15-31(35)18-32(36-5,37-6)16-14-25(31)27(22)23/h7-10,22-24,26,28,33-35H,11-19H2,1-6H3/t22?,23-,24?,26+,28?,30+,31-/m1/s1. The normalized spacial score (nSPS) is 37.4. The van der Waals surface area contributed by atoms with Crippen LogP contribution in [0.15, 0.2) is 35.4 Å². The maximum Gasteiger partial charge on any atom is 0.181 e. The van der Waals surface area contributed by atoms with E-state index in [1.807, 2.05) is 12.1 Å². The monoisotopic (exact) mass is 528 g/mol. The van der Waals surface area contributed by atoms with Crippen LogP contribution in [-0.2, 0) is 14.2 Å². The first-order valence-corrected chi connectivity index (χ1v) is 14.5. The summed E-state index contributed by atoms with van der Waals surface area (Å²) in [5.74, 6) is 0.169. The summed E-state index contributed by atoms with van der Waals surface area (Å²) in [6, 6.07) is 8.17. The molecule has 1 aromatic rings. The number of hydrogen-bond acceptors (Lipinski definition) is 6. The van der Waals surface area contributed by atoms with Crippen molar-refractivity contribution in [1.82, 2.24) is 0 Å². The highest BCUT2D eigenvalue weighted by Gasteiger charge is 2.59. The molecule has 0 saturated heterocycles. The molecule has 6 heteroatoms. The molecule has 212 valence electrons. The van der Waals surface area contributed by atoms with E-state index < -0.39 is 17.7 Å². The Bertz CT molecular complexity index is 1040. The van der Waals surface area contributed by atoms with E-state index in [1.165, 1.54) is 16.7 Å². The Morgan fingerprint density at radius 2 is 1.71 bits per heavy atom. The van der Waals surface area contributed by atoms with Gasteiger partial charge in [0.2, 0.25) is 0 Å². The number of ether oxygens (including phenoxy) is 3. The van der Waals surface area contributed by atoms with E-state index in [2.05, 4.69) is 39.8 Å². The largest absolute Gasteiger partial charge is 0.393 e. The molecular weight excluding hydrogens is 480 g/mol. The number of aliphatic hydroxyl groups excluding tert-OH is 2. The molecular formula is C32H48O6. The lowest BCUT2D eigenvalue weighted by Crippen LogP contribution is -2.54. The van der Waals surface area contributed by atoms with Gasteiger partial charge in [-0.3, -0.25) is 0 Å². The highest BCUT2D eigenvalue weighted by Crippen LogP contribution is 2.65. The van der Waals surface area contributed by atoms with Gasteiger partial charge in [-0.15, -0.1) is 0 Å². The molecule has 3 fully saturated rings. The van der Waals surface area contributed by atoms with Crippen LogP contribution in [0, 0.1) is 22.7 Å². The predicted molar refractivity (Wildman–Crippen MR) is 146 cm³/mol. The third-order valence-corrected chi connectivity index (χ3v) is 10.4. The fourth-order valence-corrected chi connectivity index (χ4v) is 8.29. The van der Waals surface area contributed by atoms with Crippen LogP contribution in [0.3, 0.4) is 0 Å². The van der Waals surface area contributed by atoms with Gasteiger partial charge in [0.25, 0.3) is 0 Å². The molecule has 0 amide bonds. The van der Waals surface area contributed by atoms with Crippen molar-refractivity contribution in [3.63, 3.8) is 0 Å². The van der Waals surface area contributed by atoms with Gasteiger partial charge in [-0.05, 0) is 72.3 Å². The molecule has 3 unspecified atom stereocenters. The molecule has 6 nitrogen and oxygen atoms in total. The number of methoxy groups -OCH3 is 2. The van der Waals surface area contributed by atoms with E-state index in [0.29, 0.717) is 31.3 Å². The minimum atomic E-state index is -0.961. The molecule has 0 aromatic heterocycles. The second-order valence-electron chi connectivity index (χ2n) is 14.0. The molecule has 7 atom stereocenters. The summed E-state index contributed by atoms with van der Waals surface area (Å²) in [7, 11) is 3.35. The minimum absolute atomic E-state index is 0.0268. The Balaban J connectivity index is 1.52. The Morgan fingerprint density at radius 3 is 2.34 bits per heavy atom. The summed E-state index contributed by atoms with van der Waals surface area (Å²) in [4.78, 5) is 0. The molecule has 38 heavy (non-hydrogen) atoms. The van der Waals surface area contributed by atoms with E-state index in [4.69, 9.17) is 14.2 Å². The molecule has 3 saturated carbocycles. The lowest BCUT2D eigenvalue weighted by molar-refractivity contribution is -0.246. The lowest BCUT2D eigenvalue weighted by atomic mass is 9.51. The topological polar surface area (TPSA) is 88.4 Å². The Labute approximate surface area is 228 Å². The van der Waals surface area contributed by atoms with Crippen molar-refractivity contribution in [2.75, 3.05) is 20.8 Å². The summed E-state index contributed by atoms with van der Waals surface area (Å²) in [6.07, 6.45) is 5.05. The molecule has 0 bridgehead atoms. The van der Waals surface area contributed by atoms with Crippen LogP contribution in [0.1, 0.15) is 102 Å². The van der Waals surface area contributed by atoms with Gasteiger partial charge < -0.3 is 29.5 Å². The summed E-state index contributed by atoms with van der Waals surface area (Å²) in [5, 5.41) is 33.9. The molecule has 0 radical (unpaired) electrons. The minimum Gasteiger partial charge on any atom is -0.393 e. The zero-order valence-corrected chi connectivity index (χ0v) is 24.1. The van der Waals surface area contributed by atoms with Gasteiger partial charge in [0, 0.05) is 38.5 Å². The highest BCUT2D eigenvalue weighted by atomic mass is 16.7. The van der Waals surface area contributed by atoms with Gasteiger partial charge in [0.15, 0.2) is 12.1 Å². The second-order valence-corrected chi connectivity index (χ2v) is 14.0. The molecule has 0 aliphatic heterocycles. The van der Waals surface area contributed by atoms with Gasteiger partial charge in [-0.2, -0.15) is 0 Å². The second kappa shape index (κ2) is 9.97. The van der Waals surface area contributed by atoms with Crippen molar-refractivity contribution in [2.24, 2.45) is 22.7 Å². The van der Waals surface area contributed by atoms with Gasteiger partial charge in [0.1, 0.15) is 0 Å². The Kier molecular flexibility index (Phi) is 7.41. The predicted octanol–water partition coefficient (Wildman–Crippen LogP) is 5.62. The average Bonchev–Trinajstić information content (AvgIpc) is 3.19. The third-order valence-electron chi connectivity index (χ3n) is 10.4. The third kappa shape index (κ3) is 4.80. The number of hydrogen-bond donors (Lipinski definition) is 3. The average molecular weight is 529 g/mol. The smallest absolute Gasteiger partial charge is 0.181 e. The van der Waals surface area contributed by atoms with Crippen molar-refractivity contribution in [3.05, 3.63) is 46.5 Å². The van der Waals surface area contributed by atoms with Crippen molar-refractivity contribution in [2.45, 2.75) is 109 Å². The molecule has 3 N–H and O–H groups in total. The summed E-state index contributed by atoms with van der Waals surface area (Å²) < 4.78 is 17.3. The van der Waals surface area contributed by atoms with Crippen LogP contribution in [0.2, 0.25) is 0 Å². The van der Waals surface area contributed by atoms with Crippen LogP contribution in [0.25, 0.3) is 0 Å². The van der Waals surface area contributed by atoms with Crippen LogP contribution < -0.4 is 0 Å². The van der Waals surface area contributed by atoms with E-state index >= 15 is 0 Å². The Morgan fingerprint density at radius 1 is 1.03 bits per heavy atom. The van der Waals surface area contributed by atoms with Crippen LogP contribution >= 0.6 is 0 Å². The molecule has 4 aliphatic carbocycles. The quantitative estimate of drug-likeness (QED) is 0.328. The first-order chi connectivity index (χ1) is 17.8. The number of benzene rings is 1. The summed E-state index contributed by atoms with van der Waals surface area (Å²) >= 11 is 0. The van der Waals surface area contributed by atoms with E-state index in [-0.39, 0.29) is 22.9 Å². The van der Waals surface area contributed by atoms with E-state index in [0.717, 1.165) is 44.1 Å². The van der Waals surface area contributed by atoms with Crippen molar-refractivity contribution in [1.29, 1.82) is 0 Å². The van der Waals surface area contributed by atoms with E-state index in [9.17, 15) is 15.3 Å². The zero-order valence-electron chi connectivity index (χ0n) is 24.1. The SMILES string of the molecule is COC1(OC)CCC2=C3C(CC[C@@]2(O)C1)C1CC[C@H](O)[C@@]1(C)C[C@@H]3c1ccc(C(O)OCC(C)(C)C)cc1. The molecule has 4 aliphatic rings. The summed E-state index contributed by atoms with van der Waals surface area (Å²) in [6.45, 7) is 9.01. The first-order valence-electron chi connectivity index (χ1n) is 14.5. The van der Waals surface area contributed by atoms with Gasteiger partial charge >= 0.3 is 0 Å². The highest BCUT2D eigenvalue weighted by molar-refractivity contribution is 5.44. The van der Waals surface area contributed by atoms with Crippen LogP contribution in [-0.4, -0.2) is 53.6 Å². The fraction of sp³-hybridized carbons (Fsp3) is 0.750. The number of fused-ring (bicyclic) bond motifs is 4. The van der Waals surface area contributed by atoms with Crippen molar-refractivity contribution < 1.29 is 29.5 Å².